The van der Waals surface area contributed by atoms with E-state index in [1.165, 1.54) is 37.7 Å². The summed E-state index contributed by atoms with van der Waals surface area (Å²) >= 11 is 1.64. The molecule has 0 amide bonds. The van der Waals surface area contributed by atoms with Crippen molar-refractivity contribution >= 4 is 22.6 Å². The Bertz CT molecular complexity index is 886. The Hall–Kier alpha value is -2.01. The van der Waals surface area contributed by atoms with Gasteiger partial charge < -0.3 is 0 Å². The molecule has 1 aliphatic carbocycles. The van der Waals surface area contributed by atoms with Crippen LogP contribution < -0.4 is 0 Å². The molecule has 0 bridgehead atoms. The van der Waals surface area contributed by atoms with Crippen LogP contribution in [-0.4, -0.2) is 20.9 Å². The maximum absolute atomic E-state index is 11.7. The van der Waals surface area contributed by atoms with E-state index >= 15 is 0 Å². The zero-order chi connectivity index (χ0) is 17.4. The fraction of sp³-hybridized carbons (Fsp3) is 0.450. The predicted octanol–water partition coefficient (Wildman–Crippen LogP) is 5.44. The largest absolute Gasteiger partial charge is 0.296 e. The molecule has 3 aromatic rings. The highest BCUT2D eigenvalue weighted by atomic mass is 32.1. The van der Waals surface area contributed by atoms with Crippen LogP contribution in [0, 0.1) is 0 Å². The average Bonchev–Trinajstić information content (AvgIpc) is 3.20. The van der Waals surface area contributed by atoms with E-state index < -0.39 is 0 Å². The second-order valence-electron chi connectivity index (χ2n) is 7.21. The molecule has 130 valence electrons. The van der Waals surface area contributed by atoms with Crippen molar-refractivity contribution in [3.8, 4) is 11.3 Å². The van der Waals surface area contributed by atoms with E-state index in [1.54, 1.807) is 15.9 Å². The fourth-order valence-electron chi connectivity index (χ4n) is 3.64. The van der Waals surface area contributed by atoms with Crippen molar-refractivity contribution < 1.29 is 4.79 Å². The molecule has 0 unspecified atom stereocenters. The number of carbonyl (C=O) groups excluding carboxylic acids is 1. The first-order valence-corrected chi connectivity index (χ1v) is 9.94. The number of imidazole rings is 1. The Labute approximate surface area is 151 Å². The van der Waals surface area contributed by atoms with E-state index in [0.29, 0.717) is 17.5 Å². The van der Waals surface area contributed by atoms with Gasteiger partial charge in [0.15, 0.2) is 6.29 Å². The van der Waals surface area contributed by atoms with Crippen molar-refractivity contribution in [1.82, 2.24) is 14.6 Å². The molecular formula is C20H23N3OS. The molecule has 2 aromatic heterocycles. The Morgan fingerprint density at radius 1 is 1.16 bits per heavy atom. The third-order valence-electron chi connectivity index (χ3n) is 5.17. The topological polar surface area (TPSA) is 47.3 Å². The molecule has 1 saturated carbocycles. The summed E-state index contributed by atoms with van der Waals surface area (Å²) in [6, 6.07) is 8.33. The van der Waals surface area contributed by atoms with Crippen LogP contribution in [0.25, 0.3) is 16.2 Å². The van der Waals surface area contributed by atoms with Gasteiger partial charge in [0.05, 0.1) is 0 Å². The van der Waals surface area contributed by atoms with Crippen molar-refractivity contribution in [3.63, 3.8) is 0 Å². The molecule has 1 aromatic carbocycles. The Morgan fingerprint density at radius 2 is 1.88 bits per heavy atom. The normalized spacial score (nSPS) is 16.0. The van der Waals surface area contributed by atoms with Gasteiger partial charge in [0.25, 0.3) is 0 Å². The van der Waals surface area contributed by atoms with Crippen LogP contribution in [0.5, 0.6) is 0 Å². The van der Waals surface area contributed by atoms with E-state index in [4.69, 9.17) is 10.1 Å². The van der Waals surface area contributed by atoms with Gasteiger partial charge in [-0.05, 0) is 24.3 Å². The lowest BCUT2D eigenvalue weighted by atomic mass is 9.90. The van der Waals surface area contributed by atoms with Gasteiger partial charge in [0, 0.05) is 11.5 Å². The Balaban J connectivity index is 1.72. The quantitative estimate of drug-likeness (QED) is 0.587. The summed E-state index contributed by atoms with van der Waals surface area (Å²) in [6.07, 6.45) is 7.18. The molecule has 5 heteroatoms. The molecule has 0 spiro atoms. The van der Waals surface area contributed by atoms with Crippen LogP contribution >= 0.6 is 11.3 Å². The summed E-state index contributed by atoms with van der Waals surface area (Å²) in [5, 5.41) is 5.87. The smallest absolute Gasteiger partial charge is 0.213 e. The summed E-state index contributed by atoms with van der Waals surface area (Å²) in [7, 11) is 0. The zero-order valence-electron chi connectivity index (χ0n) is 14.7. The van der Waals surface area contributed by atoms with E-state index in [-0.39, 0.29) is 0 Å². The number of nitrogens with zero attached hydrogens (tertiary/aromatic N) is 3. The summed E-state index contributed by atoms with van der Waals surface area (Å²) in [4.78, 5) is 17.3. The van der Waals surface area contributed by atoms with Crippen LogP contribution in [0.4, 0.5) is 0 Å². The van der Waals surface area contributed by atoms with Crippen LogP contribution in [0.15, 0.2) is 24.3 Å². The van der Waals surface area contributed by atoms with Crippen LogP contribution in [0.3, 0.4) is 0 Å². The highest BCUT2D eigenvalue weighted by molar-refractivity contribution is 7.16. The lowest BCUT2D eigenvalue weighted by molar-refractivity contribution is 0.111. The predicted molar refractivity (Wildman–Crippen MR) is 102 cm³/mol. The van der Waals surface area contributed by atoms with Gasteiger partial charge in [-0.1, -0.05) is 68.7 Å². The monoisotopic (exact) mass is 353 g/mol. The highest BCUT2D eigenvalue weighted by Gasteiger charge is 2.23. The Morgan fingerprint density at radius 3 is 2.52 bits per heavy atom. The summed E-state index contributed by atoms with van der Waals surface area (Å²) in [5.74, 6) is 1.03. The minimum Gasteiger partial charge on any atom is -0.296 e. The Kier molecular flexibility index (Phi) is 4.42. The van der Waals surface area contributed by atoms with Crippen LogP contribution in [0.2, 0.25) is 0 Å². The van der Waals surface area contributed by atoms with E-state index in [1.807, 2.05) is 0 Å². The van der Waals surface area contributed by atoms with E-state index in [2.05, 4.69) is 38.1 Å². The van der Waals surface area contributed by atoms with Crippen molar-refractivity contribution in [2.24, 2.45) is 0 Å². The molecule has 0 atom stereocenters. The molecule has 4 rings (SSSR count). The van der Waals surface area contributed by atoms with Gasteiger partial charge in [0.1, 0.15) is 16.4 Å². The minimum atomic E-state index is 0.491. The number of aromatic nitrogens is 3. The third-order valence-corrected chi connectivity index (χ3v) is 6.24. The average molecular weight is 353 g/mol. The van der Waals surface area contributed by atoms with Gasteiger partial charge in [0.2, 0.25) is 4.96 Å². The van der Waals surface area contributed by atoms with Gasteiger partial charge in [-0.25, -0.2) is 4.98 Å². The summed E-state index contributed by atoms with van der Waals surface area (Å²) in [6.45, 7) is 4.35. The lowest BCUT2D eigenvalue weighted by Gasteiger charge is -2.18. The molecule has 4 nitrogen and oxygen atoms in total. The fourth-order valence-corrected chi connectivity index (χ4v) is 4.71. The van der Waals surface area contributed by atoms with Crippen LogP contribution in [-0.2, 0) is 0 Å². The molecule has 0 saturated heterocycles. The van der Waals surface area contributed by atoms with Crippen LogP contribution in [0.1, 0.15) is 78.8 Å². The van der Waals surface area contributed by atoms with Crippen molar-refractivity contribution in [2.45, 2.75) is 57.8 Å². The first-order valence-electron chi connectivity index (χ1n) is 9.12. The molecular weight excluding hydrogens is 330 g/mol. The van der Waals surface area contributed by atoms with Crippen molar-refractivity contribution in [3.05, 3.63) is 40.5 Å². The van der Waals surface area contributed by atoms with Crippen molar-refractivity contribution in [1.29, 1.82) is 0 Å². The molecule has 0 aliphatic heterocycles. The van der Waals surface area contributed by atoms with Gasteiger partial charge in [-0.15, -0.1) is 0 Å². The molecule has 1 fully saturated rings. The standard InChI is InChI=1S/C20H23N3OS/c1-13(2)14-8-10-15(11-9-14)18-17(12-24)23-20(21-18)25-19(22-23)16-6-4-3-5-7-16/h8-13,16H,3-7H2,1-2H3. The van der Waals surface area contributed by atoms with E-state index in [9.17, 15) is 4.79 Å². The lowest BCUT2D eigenvalue weighted by Crippen LogP contribution is -2.05. The molecule has 25 heavy (non-hydrogen) atoms. The zero-order valence-corrected chi connectivity index (χ0v) is 15.6. The third kappa shape index (κ3) is 3.01. The van der Waals surface area contributed by atoms with Gasteiger partial charge >= 0.3 is 0 Å². The second-order valence-corrected chi connectivity index (χ2v) is 8.20. The molecule has 0 N–H and O–H groups in total. The first kappa shape index (κ1) is 16.5. The number of aldehydes is 1. The summed E-state index contributed by atoms with van der Waals surface area (Å²) < 4.78 is 1.74. The number of hydrogen-bond acceptors (Lipinski definition) is 4. The number of carbonyl (C=O) groups is 1. The van der Waals surface area contributed by atoms with E-state index in [0.717, 1.165) is 27.5 Å². The minimum absolute atomic E-state index is 0.491. The maximum atomic E-state index is 11.7. The van der Waals surface area contributed by atoms with Gasteiger partial charge in [-0.3, -0.25) is 4.79 Å². The van der Waals surface area contributed by atoms with Crippen molar-refractivity contribution in [2.75, 3.05) is 0 Å². The number of hydrogen-bond donors (Lipinski definition) is 0. The number of fused-ring (bicyclic) bond motifs is 1. The highest BCUT2D eigenvalue weighted by Crippen LogP contribution is 2.36. The van der Waals surface area contributed by atoms with Gasteiger partial charge in [-0.2, -0.15) is 9.61 Å². The maximum Gasteiger partial charge on any atom is 0.213 e. The first-order chi connectivity index (χ1) is 12.2. The molecule has 1 aliphatic rings. The molecule has 2 heterocycles. The second kappa shape index (κ2) is 6.71. The summed E-state index contributed by atoms with van der Waals surface area (Å²) in [5.41, 5.74) is 3.56. The molecule has 0 radical (unpaired) electrons. The number of rotatable bonds is 4. The SMILES string of the molecule is CC(C)c1ccc(-c2nc3sc(C4CCCCC4)nn3c2C=O)cc1. The number of benzene rings is 1.